The first-order valence-corrected chi connectivity index (χ1v) is 2.87. The van der Waals surface area contributed by atoms with E-state index >= 15 is 0 Å². The van der Waals surface area contributed by atoms with E-state index in [4.69, 9.17) is 0 Å². The molecule has 0 spiro atoms. The zero-order valence-corrected chi connectivity index (χ0v) is 6.05. The molecule has 2 heteroatoms. The van der Waals surface area contributed by atoms with Crippen molar-refractivity contribution in [2.75, 3.05) is 0 Å². The highest BCUT2D eigenvalue weighted by Gasteiger charge is 1.48. The Labute approximate surface area is 51.3 Å². The number of rotatable bonds is 1. The first-order valence-electron chi connectivity index (χ1n) is 2.87. The minimum Gasteiger partial charge on any atom is -0.164 e. The Bertz CT molecular complexity index is 54.9. The van der Waals surface area contributed by atoms with Crippen LogP contribution in [-0.2, 0) is 0 Å². The van der Waals surface area contributed by atoms with Gasteiger partial charge in [0.25, 0.3) is 0 Å². The molecule has 0 bridgehead atoms. The SMILES string of the molecule is C/C=N\N=C/C.CC. The van der Waals surface area contributed by atoms with Crippen LogP contribution in [0.1, 0.15) is 27.7 Å². The summed E-state index contributed by atoms with van der Waals surface area (Å²) in [6, 6.07) is 0. The van der Waals surface area contributed by atoms with Gasteiger partial charge >= 0.3 is 0 Å². The number of hydrogen-bond donors (Lipinski definition) is 0. The molecule has 0 amide bonds. The highest BCUT2D eigenvalue weighted by molar-refractivity contribution is 5.57. The van der Waals surface area contributed by atoms with Gasteiger partial charge in [-0.3, -0.25) is 0 Å². The van der Waals surface area contributed by atoms with Crippen LogP contribution in [0.4, 0.5) is 0 Å². The van der Waals surface area contributed by atoms with Gasteiger partial charge in [0.1, 0.15) is 0 Å². The third-order valence-electron chi connectivity index (χ3n) is 0.298. The van der Waals surface area contributed by atoms with Gasteiger partial charge in [0.15, 0.2) is 0 Å². The average Bonchev–Trinajstić information content (AvgIpc) is 1.88. The summed E-state index contributed by atoms with van der Waals surface area (Å²) in [5, 5.41) is 7.07. The minimum absolute atomic E-state index is 1.64. The molecule has 0 rings (SSSR count). The topological polar surface area (TPSA) is 24.7 Å². The van der Waals surface area contributed by atoms with Crippen LogP contribution in [0.3, 0.4) is 0 Å². The van der Waals surface area contributed by atoms with Crippen molar-refractivity contribution in [1.82, 2.24) is 0 Å². The van der Waals surface area contributed by atoms with Gasteiger partial charge in [-0.1, -0.05) is 13.8 Å². The van der Waals surface area contributed by atoms with Crippen LogP contribution in [0.5, 0.6) is 0 Å². The van der Waals surface area contributed by atoms with E-state index in [2.05, 4.69) is 10.2 Å². The van der Waals surface area contributed by atoms with Crippen LogP contribution >= 0.6 is 0 Å². The molecule has 0 N–H and O–H groups in total. The molecule has 0 atom stereocenters. The first kappa shape index (κ1) is 10.3. The second kappa shape index (κ2) is 16.2. The second-order valence-electron chi connectivity index (χ2n) is 0.747. The van der Waals surface area contributed by atoms with Gasteiger partial charge in [-0.05, 0) is 13.8 Å². The third-order valence-corrected chi connectivity index (χ3v) is 0.298. The van der Waals surface area contributed by atoms with E-state index in [-0.39, 0.29) is 0 Å². The van der Waals surface area contributed by atoms with E-state index in [1.54, 1.807) is 12.4 Å². The largest absolute Gasteiger partial charge is 0.164 e. The molecule has 0 heterocycles. The molecule has 0 aromatic rings. The summed E-state index contributed by atoms with van der Waals surface area (Å²) < 4.78 is 0. The zero-order chi connectivity index (χ0) is 6.83. The fourth-order valence-corrected chi connectivity index (χ4v) is 0.133. The molecule has 0 aromatic carbocycles. The molecule has 0 saturated carbocycles. The highest BCUT2D eigenvalue weighted by atomic mass is 15.2. The molecule has 0 aromatic heterocycles. The minimum atomic E-state index is 1.64. The summed E-state index contributed by atoms with van der Waals surface area (Å²) in [6.07, 6.45) is 3.28. The smallest absolute Gasteiger partial charge is 0.0239 e. The third kappa shape index (κ3) is 18.4. The highest BCUT2D eigenvalue weighted by Crippen LogP contribution is 1.60. The molecule has 0 aliphatic rings. The van der Waals surface area contributed by atoms with Crippen LogP contribution in [0.25, 0.3) is 0 Å². The lowest BCUT2D eigenvalue weighted by molar-refractivity contribution is 1.26. The van der Waals surface area contributed by atoms with E-state index < -0.39 is 0 Å². The summed E-state index contributed by atoms with van der Waals surface area (Å²) in [4.78, 5) is 0. The fraction of sp³-hybridized carbons (Fsp3) is 0.667. The van der Waals surface area contributed by atoms with Gasteiger partial charge in [-0.15, -0.1) is 0 Å². The first-order chi connectivity index (χ1) is 3.91. The molecule has 0 radical (unpaired) electrons. The summed E-state index contributed by atoms with van der Waals surface area (Å²) >= 11 is 0. The molecule has 0 aliphatic heterocycles. The van der Waals surface area contributed by atoms with Gasteiger partial charge in [0.2, 0.25) is 0 Å². The van der Waals surface area contributed by atoms with E-state index in [1.807, 2.05) is 27.7 Å². The van der Waals surface area contributed by atoms with Crippen molar-refractivity contribution in [2.24, 2.45) is 10.2 Å². The lowest BCUT2D eigenvalue weighted by atomic mass is 10.9. The van der Waals surface area contributed by atoms with Crippen molar-refractivity contribution in [3.05, 3.63) is 0 Å². The standard InChI is InChI=1S/C4H8N2.C2H6/c1-3-5-6-4-2;1-2/h3-4H,1-2H3;1-2H3/b5-3-,6-4-;. The molecule has 0 unspecified atom stereocenters. The van der Waals surface area contributed by atoms with Gasteiger partial charge < -0.3 is 0 Å². The second-order valence-corrected chi connectivity index (χ2v) is 0.747. The van der Waals surface area contributed by atoms with Crippen molar-refractivity contribution in [2.45, 2.75) is 27.7 Å². The maximum Gasteiger partial charge on any atom is 0.0239 e. The predicted octanol–water partition coefficient (Wildman–Crippen LogP) is 2.11. The summed E-state index contributed by atoms with van der Waals surface area (Å²) in [5.41, 5.74) is 0. The van der Waals surface area contributed by atoms with Crippen molar-refractivity contribution in [3.63, 3.8) is 0 Å². The molecule has 0 aliphatic carbocycles. The van der Waals surface area contributed by atoms with Crippen LogP contribution in [-0.4, -0.2) is 12.4 Å². The van der Waals surface area contributed by atoms with Gasteiger partial charge in [-0.2, -0.15) is 10.2 Å². The summed E-state index contributed by atoms with van der Waals surface area (Å²) in [5.74, 6) is 0. The van der Waals surface area contributed by atoms with Crippen molar-refractivity contribution in [3.8, 4) is 0 Å². The van der Waals surface area contributed by atoms with Crippen LogP contribution in [0.15, 0.2) is 10.2 Å². The Hall–Kier alpha value is -0.660. The molecule has 0 saturated heterocycles. The maximum atomic E-state index is 3.53. The van der Waals surface area contributed by atoms with Gasteiger partial charge in [-0.25, -0.2) is 0 Å². The average molecular weight is 114 g/mol. The van der Waals surface area contributed by atoms with Crippen LogP contribution < -0.4 is 0 Å². The van der Waals surface area contributed by atoms with Gasteiger partial charge in [0.05, 0.1) is 0 Å². The van der Waals surface area contributed by atoms with E-state index in [1.165, 1.54) is 0 Å². The maximum absolute atomic E-state index is 3.53. The molecular weight excluding hydrogens is 100 g/mol. The lowest BCUT2D eigenvalue weighted by Crippen LogP contribution is -1.55. The lowest BCUT2D eigenvalue weighted by Gasteiger charge is -1.64. The van der Waals surface area contributed by atoms with Crippen LogP contribution in [0, 0.1) is 0 Å². The number of hydrogen-bond acceptors (Lipinski definition) is 2. The van der Waals surface area contributed by atoms with Crippen molar-refractivity contribution >= 4 is 12.4 Å². The van der Waals surface area contributed by atoms with E-state index in [0.29, 0.717) is 0 Å². The Morgan fingerprint density at radius 3 is 1.25 bits per heavy atom. The molecule has 2 nitrogen and oxygen atoms in total. The Morgan fingerprint density at radius 2 is 1.12 bits per heavy atom. The Balaban J connectivity index is 0. The number of nitrogens with zero attached hydrogens (tertiary/aromatic N) is 2. The van der Waals surface area contributed by atoms with Crippen molar-refractivity contribution < 1.29 is 0 Å². The predicted molar refractivity (Wildman–Crippen MR) is 39.7 cm³/mol. The van der Waals surface area contributed by atoms with Crippen molar-refractivity contribution in [1.29, 1.82) is 0 Å². The summed E-state index contributed by atoms with van der Waals surface area (Å²) in [7, 11) is 0. The Kier molecular flexibility index (Phi) is 21.0. The van der Waals surface area contributed by atoms with E-state index in [0.717, 1.165) is 0 Å². The van der Waals surface area contributed by atoms with Crippen LogP contribution in [0.2, 0.25) is 0 Å². The van der Waals surface area contributed by atoms with Gasteiger partial charge in [0, 0.05) is 12.4 Å². The fourth-order valence-electron chi connectivity index (χ4n) is 0.133. The molecule has 48 valence electrons. The molecule has 8 heavy (non-hydrogen) atoms. The summed E-state index contributed by atoms with van der Waals surface area (Å²) in [6.45, 7) is 7.65. The normalized spacial score (nSPS) is 9.50. The van der Waals surface area contributed by atoms with E-state index in [9.17, 15) is 0 Å². The monoisotopic (exact) mass is 114 g/mol. The molecular formula is C6H14N2. The molecule has 0 fully saturated rings. The zero-order valence-electron chi connectivity index (χ0n) is 6.05. The quantitative estimate of drug-likeness (QED) is 0.368. The Morgan fingerprint density at radius 1 is 0.875 bits per heavy atom.